The topological polar surface area (TPSA) is 49.4 Å². The van der Waals surface area contributed by atoms with Gasteiger partial charge < -0.3 is 5.32 Å². The quantitative estimate of drug-likeness (QED) is 0.747. The van der Waals surface area contributed by atoms with Gasteiger partial charge in [-0.05, 0) is 45.2 Å². The van der Waals surface area contributed by atoms with E-state index in [1.165, 1.54) is 0 Å². The van der Waals surface area contributed by atoms with Crippen molar-refractivity contribution in [1.82, 2.24) is 9.62 Å². The minimum Gasteiger partial charge on any atom is -0.317 e. The van der Waals surface area contributed by atoms with Gasteiger partial charge in [0.25, 0.3) is 0 Å². The number of sulfonamides is 1. The Morgan fingerprint density at radius 2 is 1.73 bits per heavy atom. The summed E-state index contributed by atoms with van der Waals surface area (Å²) < 4.78 is 26.1. The number of rotatable bonds is 2. The molecule has 2 fully saturated rings. The SMILES string of the molecule is O=S(=O)(C1CCNCC1)N1CC[CH]CC1. The molecule has 2 aliphatic rings. The molecule has 2 aliphatic heterocycles. The molecule has 2 saturated heterocycles. The summed E-state index contributed by atoms with van der Waals surface area (Å²) in [5.74, 6) is 0. The fourth-order valence-corrected chi connectivity index (χ4v) is 4.26. The smallest absolute Gasteiger partial charge is 0.217 e. The highest BCUT2D eigenvalue weighted by Crippen LogP contribution is 2.21. The second kappa shape index (κ2) is 4.80. The van der Waals surface area contributed by atoms with Gasteiger partial charge in [0.15, 0.2) is 0 Å². The van der Waals surface area contributed by atoms with E-state index in [1.807, 2.05) is 0 Å². The van der Waals surface area contributed by atoms with Crippen LogP contribution in [-0.4, -0.2) is 44.2 Å². The largest absolute Gasteiger partial charge is 0.317 e. The molecule has 87 valence electrons. The molecule has 1 N–H and O–H groups in total. The highest BCUT2D eigenvalue weighted by molar-refractivity contribution is 7.89. The molecule has 2 rings (SSSR count). The Balaban J connectivity index is 2.03. The van der Waals surface area contributed by atoms with Crippen LogP contribution in [0.25, 0.3) is 0 Å². The molecule has 0 aliphatic carbocycles. The Morgan fingerprint density at radius 1 is 1.13 bits per heavy atom. The average molecular weight is 231 g/mol. The predicted octanol–water partition coefficient (Wildman–Crippen LogP) is 0.368. The monoisotopic (exact) mass is 231 g/mol. The normalized spacial score (nSPS) is 26.7. The van der Waals surface area contributed by atoms with Gasteiger partial charge in [0, 0.05) is 13.1 Å². The summed E-state index contributed by atoms with van der Waals surface area (Å²) >= 11 is 0. The molecule has 0 saturated carbocycles. The maximum absolute atomic E-state index is 12.2. The zero-order valence-corrected chi connectivity index (χ0v) is 9.80. The van der Waals surface area contributed by atoms with Crippen LogP contribution in [0.2, 0.25) is 0 Å². The van der Waals surface area contributed by atoms with Gasteiger partial charge in [-0.2, -0.15) is 0 Å². The summed E-state index contributed by atoms with van der Waals surface area (Å²) in [7, 11) is -3.01. The van der Waals surface area contributed by atoms with E-state index in [0.717, 1.165) is 38.8 Å². The van der Waals surface area contributed by atoms with Crippen LogP contribution in [0, 0.1) is 6.42 Å². The molecule has 0 aromatic heterocycles. The lowest BCUT2D eigenvalue weighted by molar-refractivity contribution is 0.368. The Kier molecular flexibility index (Phi) is 3.64. The third-order valence-electron chi connectivity index (χ3n) is 3.23. The number of piperidine rings is 2. The first-order valence-electron chi connectivity index (χ1n) is 5.72. The fourth-order valence-electron chi connectivity index (χ4n) is 2.29. The highest BCUT2D eigenvalue weighted by Gasteiger charge is 2.33. The van der Waals surface area contributed by atoms with Crippen LogP contribution in [0.15, 0.2) is 0 Å². The van der Waals surface area contributed by atoms with Gasteiger partial charge >= 0.3 is 0 Å². The molecule has 15 heavy (non-hydrogen) atoms. The van der Waals surface area contributed by atoms with Gasteiger partial charge in [-0.1, -0.05) is 0 Å². The van der Waals surface area contributed by atoms with Gasteiger partial charge in [0.2, 0.25) is 10.0 Å². The number of hydrogen-bond donors (Lipinski definition) is 1. The van der Waals surface area contributed by atoms with E-state index in [1.54, 1.807) is 4.31 Å². The van der Waals surface area contributed by atoms with Crippen molar-refractivity contribution < 1.29 is 8.42 Å². The number of nitrogens with one attached hydrogen (secondary N) is 1. The van der Waals surface area contributed by atoms with Crippen molar-refractivity contribution >= 4 is 10.0 Å². The lowest BCUT2D eigenvalue weighted by atomic mass is 10.2. The molecule has 0 aromatic rings. The van der Waals surface area contributed by atoms with Crippen LogP contribution in [0.3, 0.4) is 0 Å². The van der Waals surface area contributed by atoms with Crippen molar-refractivity contribution in [2.75, 3.05) is 26.2 Å². The third-order valence-corrected chi connectivity index (χ3v) is 5.63. The standard InChI is InChI=1S/C10H19N2O2S/c13-15(14,10-4-6-11-7-5-10)12-8-2-1-3-9-12/h1,10-11H,2-9H2. The van der Waals surface area contributed by atoms with E-state index in [2.05, 4.69) is 11.7 Å². The molecule has 0 bridgehead atoms. The second-order valence-electron chi connectivity index (χ2n) is 4.26. The summed E-state index contributed by atoms with van der Waals surface area (Å²) in [5.41, 5.74) is 0. The molecule has 0 atom stereocenters. The van der Waals surface area contributed by atoms with E-state index in [-0.39, 0.29) is 5.25 Å². The molecule has 0 aromatic carbocycles. The first-order valence-corrected chi connectivity index (χ1v) is 7.23. The molecule has 1 radical (unpaired) electrons. The number of nitrogens with zero attached hydrogens (tertiary/aromatic N) is 1. The minimum absolute atomic E-state index is 0.142. The third kappa shape index (κ3) is 2.52. The minimum atomic E-state index is -3.01. The maximum atomic E-state index is 12.2. The Morgan fingerprint density at radius 3 is 2.33 bits per heavy atom. The van der Waals surface area contributed by atoms with Gasteiger partial charge in [0.1, 0.15) is 0 Å². The van der Waals surface area contributed by atoms with Crippen molar-refractivity contribution in [3.8, 4) is 0 Å². The maximum Gasteiger partial charge on any atom is 0.217 e. The van der Waals surface area contributed by atoms with E-state index in [9.17, 15) is 8.42 Å². The van der Waals surface area contributed by atoms with E-state index < -0.39 is 10.0 Å². The molecular weight excluding hydrogens is 212 g/mol. The van der Waals surface area contributed by atoms with Crippen LogP contribution < -0.4 is 5.32 Å². The van der Waals surface area contributed by atoms with Crippen LogP contribution in [0.4, 0.5) is 0 Å². The molecule has 5 heteroatoms. The lowest BCUT2D eigenvalue weighted by Crippen LogP contribution is -2.45. The van der Waals surface area contributed by atoms with Crippen molar-refractivity contribution in [1.29, 1.82) is 0 Å². The van der Waals surface area contributed by atoms with Crippen molar-refractivity contribution in [3.63, 3.8) is 0 Å². The second-order valence-corrected chi connectivity index (χ2v) is 6.47. The summed E-state index contributed by atoms with van der Waals surface area (Å²) in [4.78, 5) is 0. The number of hydrogen-bond acceptors (Lipinski definition) is 3. The summed E-state index contributed by atoms with van der Waals surface area (Å²) in [6.45, 7) is 3.05. The lowest BCUT2D eigenvalue weighted by Gasteiger charge is -2.31. The van der Waals surface area contributed by atoms with Crippen molar-refractivity contribution in [2.24, 2.45) is 0 Å². The summed E-state index contributed by atoms with van der Waals surface area (Å²) in [6.07, 6.45) is 5.52. The highest BCUT2D eigenvalue weighted by atomic mass is 32.2. The summed E-state index contributed by atoms with van der Waals surface area (Å²) in [5, 5.41) is 3.06. The van der Waals surface area contributed by atoms with Crippen LogP contribution >= 0.6 is 0 Å². The van der Waals surface area contributed by atoms with Crippen molar-refractivity contribution in [2.45, 2.75) is 30.9 Å². The molecule has 0 unspecified atom stereocenters. The molecule has 0 amide bonds. The Hall–Kier alpha value is -0.130. The van der Waals surface area contributed by atoms with Gasteiger partial charge in [-0.25, -0.2) is 12.7 Å². The van der Waals surface area contributed by atoms with E-state index >= 15 is 0 Å². The zero-order chi connectivity index (χ0) is 10.7. The van der Waals surface area contributed by atoms with Gasteiger partial charge in [-0.3, -0.25) is 0 Å². The molecule has 4 nitrogen and oxygen atoms in total. The fraction of sp³-hybridized carbons (Fsp3) is 0.900. The first-order chi connectivity index (χ1) is 7.21. The average Bonchev–Trinajstić information content (AvgIpc) is 2.31. The van der Waals surface area contributed by atoms with Crippen LogP contribution in [0.1, 0.15) is 25.7 Å². The molecular formula is C10H19N2O2S. The molecule has 0 spiro atoms. The zero-order valence-electron chi connectivity index (χ0n) is 8.98. The van der Waals surface area contributed by atoms with Crippen LogP contribution in [0.5, 0.6) is 0 Å². The first kappa shape index (κ1) is 11.4. The Labute approximate surface area is 92.1 Å². The van der Waals surface area contributed by atoms with Gasteiger partial charge in [0.05, 0.1) is 5.25 Å². The predicted molar refractivity (Wildman–Crippen MR) is 59.9 cm³/mol. The van der Waals surface area contributed by atoms with Crippen molar-refractivity contribution in [3.05, 3.63) is 6.42 Å². The van der Waals surface area contributed by atoms with E-state index in [0.29, 0.717) is 13.1 Å². The Bertz CT molecular complexity index is 267. The van der Waals surface area contributed by atoms with E-state index in [4.69, 9.17) is 0 Å². The summed E-state index contributed by atoms with van der Waals surface area (Å²) in [6, 6.07) is 0. The van der Waals surface area contributed by atoms with Crippen LogP contribution in [-0.2, 0) is 10.0 Å². The molecule has 2 heterocycles. The van der Waals surface area contributed by atoms with Gasteiger partial charge in [-0.15, -0.1) is 0 Å².